The number of aliphatic hydroxyl groups excluding tert-OH is 2. The molecule has 1 aromatic rings. The summed E-state index contributed by atoms with van der Waals surface area (Å²) in [5.74, 6) is 0. The van der Waals surface area contributed by atoms with Crippen molar-refractivity contribution in [2.24, 2.45) is 0 Å². The van der Waals surface area contributed by atoms with Crippen molar-refractivity contribution < 1.29 is 10.2 Å². The van der Waals surface area contributed by atoms with Crippen molar-refractivity contribution in [1.29, 1.82) is 0 Å². The number of benzene rings is 1. The zero-order valence-corrected chi connectivity index (χ0v) is 9.41. The Morgan fingerprint density at radius 3 is 2.40 bits per heavy atom. The second-order valence-electron chi connectivity index (χ2n) is 3.47. The molecule has 0 aromatic heterocycles. The standard InChI is InChI=1S/C11H16ClNO2/c1-8(13-9(6-14)7-15)10-4-2-3-5-11(10)12/h2-5,8-9,13-15H,6-7H2,1H3/t8-/m1/s1. The lowest BCUT2D eigenvalue weighted by Gasteiger charge is -2.20. The summed E-state index contributed by atoms with van der Waals surface area (Å²) in [6, 6.07) is 7.22. The van der Waals surface area contributed by atoms with Crippen molar-refractivity contribution in [3.8, 4) is 0 Å². The van der Waals surface area contributed by atoms with Crippen LogP contribution in [-0.4, -0.2) is 29.5 Å². The van der Waals surface area contributed by atoms with Gasteiger partial charge in [0.2, 0.25) is 0 Å². The van der Waals surface area contributed by atoms with E-state index < -0.39 is 0 Å². The molecule has 3 N–H and O–H groups in total. The third-order valence-electron chi connectivity index (χ3n) is 2.30. The van der Waals surface area contributed by atoms with Gasteiger partial charge in [-0.15, -0.1) is 0 Å². The van der Waals surface area contributed by atoms with Crippen LogP contribution in [0.4, 0.5) is 0 Å². The lowest BCUT2D eigenvalue weighted by atomic mass is 10.1. The quantitative estimate of drug-likeness (QED) is 0.715. The molecule has 0 radical (unpaired) electrons. The Balaban J connectivity index is 2.68. The maximum Gasteiger partial charge on any atom is 0.0607 e. The lowest BCUT2D eigenvalue weighted by molar-refractivity contribution is 0.163. The zero-order valence-electron chi connectivity index (χ0n) is 8.65. The van der Waals surface area contributed by atoms with E-state index in [-0.39, 0.29) is 25.3 Å². The van der Waals surface area contributed by atoms with Gasteiger partial charge in [0.1, 0.15) is 0 Å². The number of aliphatic hydroxyl groups is 2. The first-order chi connectivity index (χ1) is 7.19. The minimum atomic E-state index is -0.309. The lowest BCUT2D eigenvalue weighted by Crippen LogP contribution is -2.37. The van der Waals surface area contributed by atoms with Crippen molar-refractivity contribution >= 4 is 11.6 Å². The smallest absolute Gasteiger partial charge is 0.0607 e. The summed E-state index contributed by atoms with van der Waals surface area (Å²) in [5, 5.41) is 21.6. The Morgan fingerprint density at radius 2 is 1.87 bits per heavy atom. The highest BCUT2D eigenvalue weighted by molar-refractivity contribution is 6.31. The van der Waals surface area contributed by atoms with E-state index in [9.17, 15) is 0 Å². The first-order valence-electron chi connectivity index (χ1n) is 4.91. The Bertz CT molecular complexity index is 302. The van der Waals surface area contributed by atoms with Gasteiger partial charge in [-0.1, -0.05) is 29.8 Å². The third-order valence-corrected chi connectivity index (χ3v) is 2.64. The highest BCUT2D eigenvalue weighted by atomic mass is 35.5. The molecule has 0 heterocycles. The average molecular weight is 230 g/mol. The van der Waals surface area contributed by atoms with Gasteiger partial charge in [-0.3, -0.25) is 0 Å². The van der Waals surface area contributed by atoms with E-state index in [2.05, 4.69) is 5.32 Å². The summed E-state index contributed by atoms with van der Waals surface area (Å²) in [4.78, 5) is 0. The number of nitrogens with one attached hydrogen (secondary N) is 1. The molecular weight excluding hydrogens is 214 g/mol. The van der Waals surface area contributed by atoms with Crippen LogP contribution >= 0.6 is 11.6 Å². The Kier molecular flexibility index (Phi) is 5.05. The fraction of sp³-hybridized carbons (Fsp3) is 0.455. The van der Waals surface area contributed by atoms with Gasteiger partial charge in [0.25, 0.3) is 0 Å². The van der Waals surface area contributed by atoms with Crippen LogP contribution in [0.3, 0.4) is 0 Å². The van der Waals surface area contributed by atoms with Crippen molar-refractivity contribution in [2.75, 3.05) is 13.2 Å². The van der Waals surface area contributed by atoms with Crippen LogP contribution in [0.1, 0.15) is 18.5 Å². The maximum absolute atomic E-state index is 8.94. The molecule has 0 unspecified atom stereocenters. The molecule has 0 aliphatic carbocycles. The molecule has 0 aliphatic rings. The first-order valence-corrected chi connectivity index (χ1v) is 5.29. The Morgan fingerprint density at radius 1 is 1.27 bits per heavy atom. The molecule has 1 rings (SSSR count). The molecule has 0 amide bonds. The second kappa shape index (κ2) is 6.08. The summed E-state index contributed by atoms with van der Waals surface area (Å²) in [6.07, 6.45) is 0. The van der Waals surface area contributed by atoms with Crippen molar-refractivity contribution in [3.63, 3.8) is 0 Å². The minimum Gasteiger partial charge on any atom is -0.395 e. The van der Waals surface area contributed by atoms with Crippen LogP contribution in [0, 0.1) is 0 Å². The van der Waals surface area contributed by atoms with E-state index in [1.54, 1.807) is 0 Å². The Hall–Kier alpha value is -0.610. The largest absolute Gasteiger partial charge is 0.395 e. The second-order valence-corrected chi connectivity index (χ2v) is 3.88. The van der Waals surface area contributed by atoms with E-state index >= 15 is 0 Å². The van der Waals surface area contributed by atoms with E-state index in [1.807, 2.05) is 31.2 Å². The molecule has 4 heteroatoms. The fourth-order valence-electron chi connectivity index (χ4n) is 1.43. The molecule has 0 spiro atoms. The summed E-state index contributed by atoms with van der Waals surface area (Å²) >= 11 is 6.02. The predicted octanol–water partition coefficient (Wildman–Crippen LogP) is 1.34. The van der Waals surface area contributed by atoms with Crippen LogP contribution < -0.4 is 5.32 Å². The molecule has 15 heavy (non-hydrogen) atoms. The fourth-order valence-corrected chi connectivity index (χ4v) is 1.73. The molecule has 0 bridgehead atoms. The van der Waals surface area contributed by atoms with Crippen molar-refractivity contribution in [3.05, 3.63) is 34.9 Å². The predicted molar refractivity (Wildman–Crippen MR) is 61.0 cm³/mol. The SMILES string of the molecule is C[C@@H](NC(CO)CO)c1ccccc1Cl. The van der Waals surface area contributed by atoms with Crippen LogP contribution in [0.15, 0.2) is 24.3 Å². The van der Waals surface area contributed by atoms with Crippen LogP contribution in [-0.2, 0) is 0 Å². The monoisotopic (exact) mass is 229 g/mol. The van der Waals surface area contributed by atoms with Gasteiger partial charge in [0.05, 0.1) is 19.3 Å². The van der Waals surface area contributed by atoms with E-state index in [0.717, 1.165) is 5.56 Å². The molecule has 1 atom stereocenters. The highest BCUT2D eigenvalue weighted by Crippen LogP contribution is 2.22. The number of halogens is 1. The minimum absolute atomic E-state index is 0.00278. The van der Waals surface area contributed by atoms with Crippen LogP contribution in [0.5, 0.6) is 0 Å². The first kappa shape index (κ1) is 12.5. The van der Waals surface area contributed by atoms with Crippen LogP contribution in [0.2, 0.25) is 5.02 Å². The number of hydrogen-bond acceptors (Lipinski definition) is 3. The summed E-state index contributed by atoms with van der Waals surface area (Å²) in [6.45, 7) is 1.76. The summed E-state index contributed by atoms with van der Waals surface area (Å²) < 4.78 is 0. The van der Waals surface area contributed by atoms with Gasteiger partial charge in [-0.25, -0.2) is 0 Å². The maximum atomic E-state index is 8.94. The summed E-state index contributed by atoms with van der Waals surface area (Å²) in [7, 11) is 0. The molecule has 3 nitrogen and oxygen atoms in total. The van der Waals surface area contributed by atoms with Crippen LogP contribution in [0.25, 0.3) is 0 Å². The normalized spacial score (nSPS) is 13.1. The van der Waals surface area contributed by atoms with Gasteiger partial charge in [-0.05, 0) is 18.6 Å². The Labute approximate surface area is 94.7 Å². The van der Waals surface area contributed by atoms with Gasteiger partial charge in [0.15, 0.2) is 0 Å². The molecular formula is C11H16ClNO2. The van der Waals surface area contributed by atoms with Gasteiger partial charge < -0.3 is 15.5 Å². The van der Waals surface area contributed by atoms with Gasteiger partial charge in [-0.2, -0.15) is 0 Å². The highest BCUT2D eigenvalue weighted by Gasteiger charge is 2.13. The van der Waals surface area contributed by atoms with Crippen molar-refractivity contribution in [2.45, 2.75) is 19.0 Å². The molecule has 0 saturated carbocycles. The van der Waals surface area contributed by atoms with E-state index in [0.29, 0.717) is 5.02 Å². The molecule has 0 fully saturated rings. The van der Waals surface area contributed by atoms with Gasteiger partial charge in [0, 0.05) is 11.1 Å². The topological polar surface area (TPSA) is 52.5 Å². The number of hydrogen-bond donors (Lipinski definition) is 3. The summed E-state index contributed by atoms with van der Waals surface area (Å²) in [5.41, 5.74) is 0.964. The average Bonchev–Trinajstić information content (AvgIpc) is 2.26. The zero-order chi connectivity index (χ0) is 11.3. The molecule has 84 valence electrons. The van der Waals surface area contributed by atoms with Crippen molar-refractivity contribution in [1.82, 2.24) is 5.32 Å². The molecule has 0 saturated heterocycles. The van der Waals surface area contributed by atoms with E-state index in [4.69, 9.17) is 21.8 Å². The third kappa shape index (κ3) is 3.47. The number of rotatable bonds is 5. The molecule has 1 aromatic carbocycles. The van der Waals surface area contributed by atoms with E-state index in [1.165, 1.54) is 0 Å². The van der Waals surface area contributed by atoms with Gasteiger partial charge >= 0.3 is 0 Å². The molecule has 0 aliphatic heterocycles.